The fourth-order valence-corrected chi connectivity index (χ4v) is 3.72. The molecule has 3 heterocycles. The lowest BCUT2D eigenvalue weighted by molar-refractivity contribution is 0.354. The van der Waals surface area contributed by atoms with Gasteiger partial charge in [0.25, 0.3) is 0 Å². The number of fused-ring (bicyclic) bond motifs is 1. The van der Waals surface area contributed by atoms with Gasteiger partial charge in [0.05, 0.1) is 18.4 Å². The van der Waals surface area contributed by atoms with Gasteiger partial charge in [-0.15, -0.1) is 0 Å². The molecule has 0 saturated heterocycles. The fourth-order valence-electron chi connectivity index (χ4n) is 3.72. The number of pyridine rings is 1. The summed E-state index contributed by atoms with van der Waals surface area (Å²) >= 11 is 0. The van der Waals surface area contributed by atoms with Gasteiger partial charge in [0.2, 0.25) is 0 Å². The third kappa shape index (κ3) is 3.65. The van der Waals surface area contributed by atoms with Crippen molar-refractivity contribution < 1.29 is 0 Å². The van der Waals surface area contributed by atoms with E-state index >= 15 is 0 Å². The molecule has 3 aromatic heterocycles. The molecule has 5 nitrogen and oxygen atoms in total. The van der Waals surface area contributed by atoms with Gasteiger partial charge < -0.3 is 5.32 Å². The van der Waals surface area contributed by atoms with Crippen molar-refractivity contribution in [2.75, 3.05) is 5.32 Å². The summed E-state index contributed by atoms with van der Waals surface area (Å²) < 4.78 is 1.91. The van der Waals surface area contributed by atoms with E-state index in [1.807, 2.05) is 35.1 Å². The Bertz CT molecular complexity index is 834. The zero-order valence-electron chi connectivity index (χ0n) is 14.8. The van der Waals surface area contributed by atoms with E-state index in [0.717, 1.165) is 35.1 Å². The highest BCUT2D eigenvalue weighted by Gasteiger charge is 2.17. The van der Waals surface area contributed by atoms with Crippen LogP contribution in [0.1, 0.15) is 49.1 Å². The van der Waals surface area contributed by atoms with E-state index in [9.17, 15) is 0 Å². The third-order valence-electron chi connectivity index (χ3n) is 5.10. The number of hydrogen-bond donors (Lipinski definition) is 1. The van der Waals surface area contributed by atoms with Crippen molar-refractivity contribution in [3.8, 4) is 0 Å². The average molecular weight is 335 g/mol. The van der Waals surface area contributed by atoms with Gasteiger partial charge in [0, 0.05) is 23.5 Å². The van der Waals surface area contributed by atoms with Crippen molar-refractivity contribution in [3.63, 3.8) is 0 Å². The van der Waals surface area contributed by atoms with E-state index in [0.29, 0.717) is 6.54 Å². The highest BCUT2D eigenvalue weighted by atomic mass is 15.3. The van der Waals surface area contributed by atoms with Crippen molar-refractivity contribution in [3.05, 3.63) is 53.6 Å². The van der Waals surface area contributed by atoms with Crippen LogP contribution in [0.2, 0.25) is 0 Å². The lowest BCUT2D eigenvalue weighted by Crippen LogP contribution is -2.13. The second-order valence-electron chi connectivity index (χ2n) is 7.08. The standard InChI is InChI=1S/C20H25N5/c1-15-13-23-25-19(22-14-17-9-5-6-10-21-17)12-18(24-20(15)25)11-16-7-3-2-4-8-16/h5-6,9-10,12-13,16,22H,2-4,7-8,11,14H2,1H3. The molecule has 3 aromatic rings. The molecular formula is C20H25N5. The van der Waals surface area contributed by atoms with Crippen LogP contribution in [-0.2, 0) is 13.0 Å². The molecular weight excluding hydrogens is 310 g/mol. The number of rotatable bonds is 5. The van der Waals surface area contributed by atoms with E-state index in [2.05, 4.69) is 28.4 Å². The molecule has 0 amide bonds. The summed E-state index contributed by atoms with van der Waals surface area (Å²) in [6.07, 6.45) is 11.6. The van der Waals surface area contributed by atoms with E-state index in [4.69, 9.17) is 4.98 Å². The Morgan fingerprint density at radius 1 is 1.16 bits per heavy atom. The Balaban J connectivity index is 1.59. The SMILES string of the molecule is Cc1cnn2c(NCc3ccccn3)cc(CC3CCCCC3)nc12. The highest BCUT2D eigenvalue weighted by molar-refractivity contribution is 5.54. The van der Waals surface area contributed by atoms with Crippen LogP contribution in [0.5, 0.6) is 0 Å². The summed E-state index contributed by atoms with van der Waals surface area (Å²) in [6.45, 7) is 2.75. The molecule has 1 fully saturated rings. The quantitative estimate of drug-likeness (QED) is 0.760. The number of aryl methyl sites for hydroxylation is 1. The van der Waals surface area contributed by atoms with Crippen molar-refractivity contribution in [1.82, 2.24) is 19.6 Å². The molecule has 0 aromatic carbocycles. The van der Waals surface area contributed by atoms with E-state index in [1.165, 1.54) is 37.8 Å². The highest BCUT2D eigenvalue weighted by Crippen LogP contribution is 2.27. The Morgan fingerprint density at radius 3 is 2.84 bits per heavy atom. The lowest BCUT2D eigenvalue weighted by atomic mass is 9.86. The summed E-state index contributed by atoms with van der Waals surface area (Å²) in [7, 11) is 0. The molecule has 1 saturated carbocycles. The monoisotopic (exact) mass is 335 g/mol. The molecule has 1 aliphatic rings. The summed E-state index contributed by atoms with van der Waals surface area (Å²) in [4.78, 5) is 9.28. The Hall–Kier alpha value is -2.43. The maximum atomic E-state index is 4.89. The van der Waals surface area contributed by atoms with E-state index < -0.39 is 0 Å². The lowest BCUT2D eigenvalue weighted by Gasteiger charge is -2.21. The van der Waals surface area contributed by atoms with Crippen LogP contribution in [0.3, 0.4) is 0 Å². The first kappa shape index (κ1) is 16.1. The molecule has 0 atom stereocenters. The molecule has 4 rings (SSSR count). The number of aromatic nitrogens is 4. The first-order chi connectivity index (χ1) is 12.3. The third-order valence-corrected chi connectivity index (χ3v) is 5.10. The molecule has 0 unspecified atom stereocenters. The Kier molecular flexibility index (Phi) is 4.63. The van der Waals surface area contributed by atoms with Gasteiger partial charge in [-0.2, -0.15) is 9.61 Å². The first-order valence-electron chi connectivity index (χ1n) is 9.27. The van der Waals surface area contributed by atoms with Gasteiger partial charge >= 0.3 is 0 Å². The number of hydrogen-bond acceptors (Lipinski definition) is 4. The molecule has 0 spiro atoms. The predicted molar refractivity (Wildman–Crippen MR) is 99.6 cm³/mol. The molecule has 130 valence electrons. The minimum atomic E-state index is 0.682. The molecule has 1 N–H and O–H groups in total. The largest absolute Gasteiger partial charge is 0.364 e. The summed E-state index contributed by atoms with van der Waals surface area (Å²) in [5, 5.41) is 7.98. The number of nitrogens with one attached hydrogen (secondary N) is 1. The first-order valence-corrected chi connectivity index (χ1v) is 9.27. The second-order valence-corrected chi connectivity index (χ2v) is 7.08. The van der Waals surface area contributed by atoms with Crippen LogP contribution in [0, 0.1) is 12.8 Å². The Morgan fingerprint density at radius 2 is 2.04 bits per heavy atom. The molecule has 0 radical (unpaired) electrons. The average Bonchev–Trinajstić information content (AvgIpc) is 3.03. The number of anilines is 1. The van der Waals surface area contributed by atoms with Gasteiger partial charge in [-0.3, -0.25) is 4.98 Å². The van der Waals surface area contributed by atoms with Crippen molar-refractivity contribution >= 4 is 11.5 Å². The fraction of sp³-hybridized carbons (Fsp3) is 0.450. The van der Waals surface area contributed by atoms with Crippen LogP contribution in [-0.4, -0.2) is 19.6 Å². The molecule has 0 bridgehead atoms. The summed E-state index contributed by atoms with van der Waals surface area (Å²) in [6, 6.07) is 8.14. The maximum Gasteiger partial charge on any atom is 0.160 e. The zero-order chi connectivity index (χ0) is 17.1. The zero-order valence-corrected chi connectivity index (χ0v) is 14.8. The van der Waals surface area contributed by atoms with Crippen LogP contribution in [0.4, 0.5) is 5.82 Å². The minimum absolute atomic E-state index is 0.682. The van der Waals surface area contributed by atoms with Crippen molar-refractivity contribution in [1.29, 1.82) is 0 Å². The van der Waals surface area contributed by atoms with Crippen LogP contribution in [0.25, 0.3) is 5.65 Å². The second kappa shape index (κ2) is 7.21. The van der Waals surface area contributed by atoms with Gasteiger partial charge in [0.15, 0.2) is 5.65 Å². The topological polar surface area (TPSA) is 55.1 Å². The van der Waals surface area contributed by atoms with Crippen LogP contribution >= 0.6 is 0 Å². The van der Waals surface area contributed by atoms with Crippen molar-refractivity contribution in [2.24, 2.45) is 5.92 Å². The predicted octanol–water partition coefficient (Wildman–Crippen LogP) is 4.17. The van der Waals surface area contributed by atoms with Gasteiger partial charge in [-0.1, -0.05) is 38.2 Å². The summed E-state index contributed by atoms with van der Waals surface area (Å²) in [5.74, 6) is 1.77. The Labute approximate surface area is 148 Å². The van der Waals surface area contributed by atoms with E-state index in [1.54, 1.807) is 0 Å². The van der Waals surface area contributed by atoms with Gasteiger partial charge in [-0.25, -0.2) is 4.98 Å². The van der Waals surface area contributed by atoms with Crippen molar-refractivity contribution in [2.45, 2.75) is 52.0 Å². The van der Waals surface area contributed by atoms with Gasteiger partial charge in [-0.05, 0) is 31.4 Å². The molecule has 0 aliphatic heterocycles. The minimum Gasteiger partial charge on any atom is -0.364 e. The molecule has 1 aliphatic carbocycles. The maximum absolute atomic E-state index is 4.89. The molecule has 5 heteroatoms. The van der Waals surface area contributed by atoms with Gasteiger partial charge in [0.1, 0.15) is 5.82 Å². The number of nitrogens with zero attached hydrogens (tertiary/aromatic N) is 4. The van der Waals surface area contributed by atoms with Crippen LogP contribution < -0.4 is 5.32 Å². The van der Waals surface area contributed by atoms with Crippen LogP contribution in [0.15, 0.2) is 36.7 Å². The smallest absolute Gasteiger partial charge is 0.160 e. The van der Waals surface area contributed by atoms with E-state index in [-0.39, 0.29) is 0 Å². The normalized spacial score (nSPS) is 15.6. The molecule has 25 heavy (non-hydrogen) atoms. The summed E-state index contributed by atoms with van der Waals surface area (Å²) in [5.41, 5.74) is 4.26.